The zero-order chi connectivity index (χ0) is 34.9. The summed E-state index contributed by atoms with van der Waals surface area (Å²) < 4.78 is 4.89. The van der Waals surface area contributed by atoms with Crippen LogP contribution in [0.4, 0.5) is 17.1 Å². The van der Waals surface area contributed by atoms with Crippen molar-refractivity contribution in [1.82, 2.24) is 9.13 Å². The summed E-state index contributed by atoms with van der Waals surface area (Å²) in [6.45, 7) is 0. The Kier molecular flexibility index (Phi) is 6.55. The van der Waals surface area contributed by atoms with Gasteiger partial charge in [0.25, 0.3) is 0 Å². The number of aromatic nitrogens is 2. The van der Waals surface area contributed by atoms with Crippen molar-refractivity contribution < 1.29 is 0 Å². The maximum absolute atomic E-state index is 2.46. The highest BCUT2D eigenvalue weighted by Gasteiger charge is 2.31. The van der Waals surface area contributed by atoms with Crippen LogP contribution in [-0.2, 0) is 0 Å². The van der Waals surface area contributed by atoms with Crippen LogP contribution in [-0.4, -0.2) is 9.13 Å². The van der Waals surface area contributed by atoms with Crippen LogP contribution in [0, 0.1) is 0 Å². The largest absolute Gasteiger partial charge is 0.309 e. The molecule has 0 saturated carbocycles. The molecule has 0 bridgehead atoms. The van der Waals surface area contributed by atoms with Gasteiger partial charge in [-0.15, -0.1) is 0 Å². The molecule has 0 atom stereocenters. The fourth-order valence-corrected chi connectivity index (χ4v) is 8.66. The number of fused-ring (bicyclic) bond motifs is 10. The van der Waals surface area contributed by atoms with Gasteiger partial charge in [0.05, 0.1) is 39.3 Å². The van der Waals surface area contributed by atoms with E-state index in [1.807, 2.05) is 0 Å². The molecular weight excluding hydrogens is 643 g/mol. The van der Waals surface area contributed by atoms with Gasteiger partial charge in [0.2, 0.25) is 0 Å². The Balaban J connectivity index is 1.25. The van der Waals surface area contributed by atoms with E-state index >= 15 is 0 Å². The molecule has 3 nitrogen and oxygen atoms in total. The number of benzene rings is 8. The van der Waals surface area contributed by atoms with E-state index in [1.54, 1.807) is 0 Å². The molecule has 3 heteroatoms. The predicted octanol–water partition coefficient (Wildman–Crippen LogP) is 13.5. The van der Waals surface area contributed by atoms with E-state index in [1.165, 1.54) is 66.2 Å². The first kappa shape index (κ1) is 29.6. The molecule has 0 fully saturated rings. The Labute approximate surface area is 307 Å². The third kappa shape index (κ3) is 4.41. The molecule has 0 unspecified atom stereocenters. The average Bonchev–Trinajstić information content (AvgIpc) is 3.71. The number of hydrogen-bond acceptors (Lipinski definition) is 1. The maximum Gasteiger partial charge on any atom is 0.0641 e. The molecule has 0 amide bonds. The summed E-state index contributed by atoms with van der Waals surface area (Å²) in [7, 11) is 0. The van der Waals surface area contributed by atoms with Crippen LogP contribution in [0.25, 0.3) is 77.6 Å². The Morgan fingerprint density at radius 2 is 0.792 bits per heavy atom. The van der Waals surface area contributed by atoms with E-state index in [0.29, 0.717) is 0 Å². The van der Waals surface area contributed by atoms with E-state index in [9.17, 15) is 0 Å². The van der Waals surface area contributed by atoms with Gasteiger partial charge in [0.1, 0.15) is 0 Å². The Hall–Kier alpha value is -7.10. The molecule has 2 aromatic heterocycles. The van der Waals surface area contributed by atoms with Crippen molar-refractivity contribution in [1.29, 1.82) is 0 Å². The van der Waals surface area contributed by atoms with E-state index < -0.39 is 0 Å². The lowest BCUT2D eigenvalue weighted by Crippen LogP contribution is -2.11. The predicted molar refractivity (Wildman–Crippen MR) is 222 cm³/mol. The van der Waals surface area contributed by atoms with Gasteiger partial charge in [-0.05, 0) is 72.3 Å². The highest BCUT2D eigenvalue weighted by molar-refractivity contribution is 6.14. The van der Waals surface area contributed by atoms with Gasteiger partial charge >= 0.3 is 0 Å². The lowest BCUT2D eigenvalue weighted by molar-refractivity contribution is 1.13. The second-order valence-corrected chi connectivity index (χ2v) is 13.7. The summed E-state index contributed by atoms with van der Waals surface area (Å²) in [6.07, 6.45) is 0. The first-order valence-electron chi connectivity index (χ1n) is 18.2. The van der Waals surface area contributed by atoms with Gasteiger partial charge in [0, 0.05) is 49.8 Å². The number of nitrogens with zero attached hydrogens (tertiary/aromatic N) is 3. The SMILES string of the molecule is c1ccc(N2c3ccc(-c4ccccc4-n4c5ccccc5c5ccccc54)cc3-c3c(n(-c4ccccc4)c4ccccc34)-c3ccccc32)cc1. The van der Waals surface area contributed by atoms with E-state index in [0.717, 1.165) is 28.4 Å². The highest BCUT2D eigenvalue weighted by Crippen LogP contribution is 2.55. The fourth-order valence-electron chi connectivity index (χ4n) is 8.66. The standard InChI is InChI=1S/C50H33N3/c1-3-17-35(18-4-1)51-47-30-16-11-25-41(47)50-49(40-24-10-15-29-46(40)52(50)36-19-5-2-6-20-36)42-33-34(31-32-48(42)51)37-21-7-12-26-43(37)53-44-27-13-8-22-38(44)39-23-9-14-28-45(39)53/h1-33H. The summed E-state index contributed by atoms with van der Waals surface area (Å²) in [5.41, 5.74) is 16.5. The summed E-state index contributed by atoms with van der Waals surface area (Å²) >= 11 is 0. The van der Waals surface area contributed by atoms with E-state index in [2.05, 4.69) is 214 Å². The molecule has 10 aromatic rings. The first-order valence-corrected chi connectivity index (χ1v) is 18.2. The van der Waals surface area contributed by atoms with Crippen molar-refractivity contribution in [2.75, 3.05) is 4.90 Å². The molecule has 248 valence electrons. The second kappa shape index (κ2) is 11.7. The molecule has 11 rings (SSSR count). The monoisotopic (exact) mass is 675 g/mol. The highest BCUT2D eigenvalue weighted by atomic mass is 15.2. The first-order chi connectivity index (χ1) is 26.3. The molecular formula is C50H33N3. The Morgan fingerprint density at radius 1 is 0.302 bits per heavy atom. The number of para-hydroxylation sites is 7. The van der Waals surface area contributed by atoms with Crippen LogP contribution in [0.3, 0.4) is 0 Å². The van der Waals surface area contributed by atoms with Crippen molar-refractivity contribution in [3.8, 4) is 44.9 Å². The van der Waals surface area contributed by atoms with Gasteiger partial charge < -0.3 is 14.0 Å². The minimum atomic E-state index is 1.13. The van der Waals surface area contributed by atoms with E-state index in [4.69, 9.17) is 0 Å². The molecule has 1 aliphatic rings. The zero-order valence-corrected chi connectivity index (χ0v) is 28.9. The van der Waals surface area contributed by atoms with Crippen molar-refractivity contribution in [2.45, 2.75) is 0 Å². The third-order valence-corrected chi connectivity index (χ3v) is 10.8. The topological polar surface area (TPSA) is 13.1 Å². The lowest BCUT2D eigenvalue weighted by atomic mass is 9.94. The van der Waals surface area contributed by atoms with E-state index in [-0.39, 0.29) is 0 Å². The molecule has 0 radical (unpaired) electrons. The number of hydrogen-bond donors (Lipinski definition) is 0. The molecule has 0 saturated heterocycles. The van der Waals surface area contributed by atoms with Crippen molar-refractivity contribution >= 4 is 49.8 Å². The quantitative estimate of drug-likeness (QED) is 0.181. The van der Waals surface area contributed by atoms with Crippen LogP contribution in [0.5, 0.6) is 0 Å². The molecule has 8 aromatic carbocycles. The molecule has 0 aliphatic carbocycles. The molecule has 0 N–H and O–H groups in total. The van der Waals surface area contributed by atoms with Crippen LogP contribution in [0.1, 0.15) is 0 Å². The average molecular weight is 676 g/mol. The molecule has 1 aliphatic heterocycles. The smallest absolute Gasteiger partial charge is 0.0641 e. The molecule has 0 spiro atoms. The number of rotatable bonds is 4. The van der Waals surface area contributed by atoms with Crippen LogP contribution >= 0.6 is 0 Å². The van der Waals surface area contributed by atoms with Crippen LogP contribution in [0.15, 0.2) is 200 Å². The molecule has 53 heavy (non-hydrogen) atoms. The Morgan fingerprint density at radius 3 is 1.47 bits per heavy atom. The summed E-state index contributed by atoms with van der Waals surface area (Å²) in [5.74, 6) is 0. The van der Waals surface area contributed by atoms with Gasteiger partial charge in [-0.2, -0.15) is 0 Å². The summed E-state index contributed by atoms with van der Waals surface area (Å²) in [6, 6.07) is 72.8. The van der Waals surface area contributed by atoms with Gasteiger partial charge in [-0.3, -0.25) is 0 Å². The van der Waals surface area contributed by atoms with Gasteiger partial charge in [-0.1, -0.05) is 133 Å². The lowest BCUT2D eigenvalue weighted by Gasteiger charge is -2.28. The normalized spacial score (nSPS) is 12.1. The Bertz CT molecular complexity index is 2950. The van der Waals surface area contributed by atoms with Gasteiger partial charge in [-0.25, -0.2) is 0 Å². The van der Waals surface area contributed by atoms with Gasteiger partial charge in [0.15, 0.2) is 0 Å². The minimum Gasteiger partial charge on any atom is -0.309 e. The minimum absolute atomic E-state index is 1.13. The molecule has 3 heterocycles. The fraction of sp³-hybridized carbons (Fsp3) is 0. The number of anilines is 3. The van der Waals surface area contributed by atoms with Crippen molar-refractivity contribution in [2.24, 2.45) is 0 Å². The maximum atomic E-state index is 2.46. The van der Waals surface area contributed by atoms with Crippen LogP contribution < -0.4 is 4.90 Å². The summed E-state index contributed by atoms with van der Waals surface area (Å²) in [4.78, 5) is 2.44. The van der Waals surface area contributed by atoms with Crippen LogP contribution in [0.2, 0.25) is 0 Å². The second-order valence-electron chi connectivity index (χ2n) is 13.7. The third-order valence-electron chi connectivity index (χ3n) is 10.8. The van der Waals surface area contributed by atoms with Crippen molar-refractivity contribution in [3.05, 3.63) is 200 Å². The summed E-state index contributed by atoms with van der Waals surface area (Å²) in [5, 5.41) is 3.74. The van der Waals surface area contributed by atoms with Crippen molar-refractivity contribution in [3.63, 3.8) is 0 Å². The zero-order valence-electron chi connectivity index (χ0n) is 28.9.